The monoisotopic (exact) mass is 338 g/mol. The molecule has 0 bridgehead atoms. The Balaban J connectivity index is 1.92. The highest BCUT2D eigenvalue weighted by Crippen LogP contribution is 2.34. The molecule has 3 rings (SSSR count). The lowest BCUT2D eigenvalue weighted by Gasteiger charge is -2.37. The molecule has 0 radical (unpaired) electrons. The second kappa shape index (κ2) is 7.74. The van der Waals surface area contributed by atoms with Crippen molar-refractivity contribution in [3.8, 4) is 0 Å². The van der Waals surface area contributed by atoms with Gasteiger partial charge in [-0.05, 0) is 29.9 Å². The van der Waals surface area contributed by atoms with Gasteiger partial charge in [0.1, 0.15) is 0 Å². The average Bonchev–Trinajstić information content (AvgIpc) is 2.60. The molecule has 5 nitrogen and oxygen atoms in total. The Kier molecular flexibility index (Phi) is 5.43. The van der Waals surface area contributed by atoms with Gasteiger partial charge in [-0.3, -0.25) is 14.8 Å². The molecule has 2 N–H and O–H groups in total. The molecule has 1 aromatic heterocycles. The standard InChI is InChI=1S/C20H26N4O/c1-14-10-16(13-24(12-14)9-7-19(21)25)17-6-5-15(11-22-2)20-18(17)4-3-8-23-20/h3-6,8,11,14,16H,7,9-10,12-13H2,1-2H3,(H2,21,25). The number of amides is 1. The maximum absolute atomic E-state index is 11.1. The number of nitrogens with zero attached hydrogens (tertiary/aromatic N) is 3. The van der Waals surface area contributed by atoms with Crippen LogP contribution in [0.3, 0.4) is 0 Å². The van der Waals surface area contributed by atoms with Gasteiger partial charge in [0.25, 0.3) is 0 Å². The first-order valence-electron chi connectivity index (χ1n) is 8.89. The number of primary amides is 1. The van der Waals surface area contributed by atoms with Crippen LogP contribution in [0, 0.1) is 5.92 Å². The molecule has 1 saturated heterocycles. The minimum atomic E-state index is -0.229. The van der Waals surface area contributed by atoms with Crippen LogP contribution in [0.1, 0.15) is 36.8 Å². The van der Waals surface area contributed by atoms with Crippen LogP contribution < -0.4 is 5.73 Å². The molecular weight excluding hydrogens is 312 g/mol. The number of nitrogens with two attached hydrogens (primary N) is 1. The lowest BCUT2D eigenvalue weighted by atomic mass is 9.83. The first-order chi connectivity index (χ1) is 12.1. The van der Waals surface area contributed by atoms with Crippen LogP contribution >= 0.6 is 0 Å². The van der Waals surface area contributed by atoms with E-state index in [1.165, 1.54) is 10.9 Å². The van der Waals surface area contributed by atoms with Gasteiger partial charge < -0.3 is 10.6 Å². The van der Waals surface area contributed by atoms with Gasteiger partial charge in [0.05, 0.1) is 5.52 Å². The van der Waals surface area contributed by atoms with Gasteiger partial charge in [0, 0.05) is 56.5 Å². The van der Waals surface area contributed by atoms with Crippen LogP contribution in [0.2, 0.25) is 0 Å². The van der Waals surface area contributed by atoms with E-state index in [4.69, 9.17) is 5.73 Å². The fourth-order valence-electron chi connectivity index (χ4n) is 3.95. The van der Waals surface area contributed by atoms with Crippen LogP contribution in [0.25, 0.3) is 10.9 Å². The van der Waals surface area contributed by atoms with E-state index in [0.29, 0.717) is 18.3 Å². The molecule has 132 valence electrons. The van der Waals surface area contributed by atoms with Gasteiger partial charge in [0.15, 0.2) is 0 Å². The molecule has 2 atom stereocenters. The van der Waals surface area contributed by atoms with Gasteiger partial charge >= 0.3 is 0 Å². The number of fused-ring (bicyclic) bond motifs is 1. The van der Waals surface area contributed by atoms with E-state index in [2.05, 4.69) is 40.0 Å². The van der Waals surface area contributed by atoms with Crippen molar-refractivity contribution in [2.45, 2.75) is 25.7 Å². The molecule has 1 aromatic carbocycles. The number of aromatic nitrogens is 1. The predicted molar refractivity (Wildman–Crippen MR) is 102 cm³/mol. The molecule has 2 unspecified atom stereocenters. The summed E-state index contributed by atoms with van der Waals surface area (Å²) in [6, 6.07) is 8.48. The Labute approximate surface area is 148 Å². The zero-order valence-electron chi connectivity index (χ0n) is 15.0. The molecule has 25 heavy (non-hydrogen) atoms. The fraction of sp³-hybridized carbons (Fsp3) is 0.450. The normalized spacial score (nSPS) is 21.8. The summed E-state index contributed by atoms with van der Waals surface area (Å²) in [6.07, 6.45) is 5.27. The quantitative estimate of drug-likeness (QED) is 0.852. The zero-order valence-corrected chi connectivity index (χ0v) is 15.0. The predicted octanol–water partition coefficient (Wildman–Crippen LogP) is 2.58. The Hall–Kier alpha value is -2.27. The van der Waals surface area contributed by atoms with Crippen LogP contribution in [0.4, 0.5) is 0 Å². The molecule has 0 spiro atoms. The van der Waals surface area contributed by atoms with E-state index in [1.54, 1.807) is 7.05 Å². The second-order valence-corrected chi connectivity index (χ2v) is 7.04. The van der Waals surface area contributed by atoms with Crippen molar-refractivity contribution in [1.82, 2.24) is 9.88 Å². The molecule has 1 aliphatic rings. The molecule has 1 aliphatic heterocycles. The third-order valence-corrected chi connectivity index (χ3v) is 4.95. The number of aliphatic imine (C=N–C) groups is 1. The van der Waals surface area contributed by atoms with Crippen molar-refractivity contribution in [2.75, 3.05) is 26.7 Å². The summed E-state index contributed by atoms with van der Waals surface area (Å²) in [5.41, 5.74) is 8.72. The van der Waals surface area contributed by atoms with Gasteiger partial charge in [-0.15, -0.1) is 0 Å². The van der Waals surface area contributed by atoms with Crippen molar-refractivity contribution in [1.29, 1.82) is 0 Å². The fourth-order valence-corrected chi connectivity index (χ4v) is 3.95. The molecule has 2 heterocycles. The minimum Gasteiger partial charge on any atom is -0.370 e. The van der Waals surface area contributed by atoms with E-state index in [1.807, 2.05) is 18.5 Å². The SMILES string of the molecule is CN=Cc1ccc(C2CC(C)CN(CCC(N)=O)C2)c2cccnc12. The molecule has 5 heteroatoms. The first-order valence-corrected chi connectivity index (χ1v) is 8.89. The maximum Gasteiger partial charge on any atom is 0.218 e. The zero-order chi connectivity index (χ0) is 17.8. The third kappa shape index (κ3) is 4.04. The molecule has 2 aromatic rings. The highest BCUT2D eigenvalue weighted by atomic mass is 16.1. The minimum absolute atomic E-state index is 0.229. The topological polar surface area (TPSA) is 71.6 Å². The van der Waals surface area contributed by atoms with Crippen molar-refractivity contribution in [3.05, 3.63) is 41.6 Å². The molecular formula is C20H26N4O. The van der Waals surface area contributed by atoms with Gasteiger partial charge in [-0.2, -0.15) is 0 Å². The molecule has 0 saturated carbocycles. The van der Waals surface area contributed by atoms with Crippen molar-refractivity contribution < 1.29 is 4.79 Å². The van der Waals surface area contributed by atoms with E-state index in [0.717, 1.165) is 37.1 Å². The van der Waals surface area contributed by atoms with Crippen molar-refractivity contribution >= 4 is 23.0 Å². The highest BCUT2D eigenvalue weighted by molar-refractivity contribution is 5.98. The number of carbonyl (C=O) groups is 1. The Morgan fingerprint density at radius 2 is 2.24 bits per heavy atom. The number of piperidine rings is 1. The van der Waals surface area contributed by atoms with E-state index >= 15 is 0 Å². The maximum atomic E-state index is 11.1. The van der Waals surface area contributed by atoms with Gasteiger partial charge in [-0.1, -0.05) is 25.1 Å². The summed E-state index contributed by atoms with van der Waals surface area (Å²) in [7, 11) is 1.78. The Morgan fingerprint density at radius 3 is 3.00 bits per heavy atom. The van der Waals surface area contributed by atoms with Crippen molar-refractivity contribution in [2.24, 2.45) is 16.6 Å². The van der Waals surface area contributed by atoms with E-state index in [9.17, 15) is 4.79 Å². The van der Waals surface area contributed by atoms with Crippen LogP contribution in [0.5, 0.6) is 0 Å². The lowest BCUT2D eigenvalue weighted by Crippen LogP contribution is -2.40. The number of carbonyl (C=O) groups excluding carboxylic acids is 1. The summed E-state index contributed by atoms with van der Waals surface area (Å²) in [5.74, 6) is 0.804. The van der Waals surface area contributed by atoms with E-state index in [-0.39, 0.29) is 5.91 Å². The largest absolute Gasteiger partial charge is 0.370 e. The Bertz CT molecular complexity index is 786. The van der Waals surface area contributed by atoms with Gasteiger partial charge in [-0.25, -0.2) is 0 Å². The number of hydrogen-bond donors (Lipinski definition) is 1. The number of benzene rings is 1. The third-order valence-electron chi connectivity index (χ3n) is 4.95. The first kappa shape index (κ1) is 17.5. The van der Waals surface area contributed by atoms with Crippen molar-refractivity contribution in [3.63, 3.8) is 0 Å². The second-order valence-electron chi connectivity index (χ2n) is 7.04. The number of likely N-dealkylation sites (tertiary alicyclic amines) is 1. The number of hydrogen-bond acceptors (Lipinski definition) is 4. The molecule has 0 aliphatic carbocycles. The smallest absolute Gasteiger partial charge is 0.218 e. The van der Waals surface area contributed by atoms with Crippen LogP contribution in [-0.4, -0.2) is 48.7 Å². The van der Waals surface area contributed by atoms with E-state index < -0.39 is 0 Å². The van der Waals surface area contributed by atoms with Gasteiger partial charge in [0.2, 0.25) is 5.91 Å². The number of rotatable bonds is 5. The summed E-state index contributed by atoms with van der Waals surface area (Å²) in [6.45, 7) is 5.01. The lowest BCUT2D eigenvalue weighted by molar-refractivity contribution is -0.118. The Morgan fingerprint density at radius 1 is 1.40 bits per heavy atom. The summed E-state index contributed by atoms with van der Waals surface area (Å²) in [5, 5.41) is 1.20. The highest BCUT2D eigenvalue weighted by Gasteiger charge is 2.27. The van der Waals surface area contributed by atoms with Crippen LogP contribution in [0.15, 0.2) is 35.5 Å². The summed E-state index contributed by atoms with van der Waals surface area (Å²) >= 11 is 0. The molecule has 1 fully saturated rings. The number of pyridine rings is 1. The molecule has 1 amide bonds. The summed E-state index contributed by atoms with van der Waals surface area (Å²) < 4.78 is 0. The van der Waals surface area contributed by atoms with Crippen LogP contribution in [-0.2, 0) is 4.79 Å². The summed E-state index contributed by atoms with van der Waals surface area (Å²) in [4.78, 5) is 22.2. The average molecular weight is 338 g/mol.